The molecule has 0 N–H and O–H groups in total. The quantitative estimate of drug-likeness (QED) is 0.734. The summed E-state index contributed by atoms with van der Waals surface area (Å²) in [6, 6.07) is 0. The molecular weight excluding hydrogens is 254 g/mol. The number of carbonyl (C=O) groups excluding carboxylic acids is 2. The SMILES string of the molecule is C=C/C=C\C=C/CN1C(=O)CCOC12C=CC(=O)C=C2. The van der Waals surface area contributed by atoms with Crippen LogP contribution in [0, 0.1) is 0 Å². The van der Waals surface area contributed by atoms with Crippen molar-refractivity contribution in [3.05, 3.63) is 61.3 Å². The Hall–Kier alpha value is -2.20. The van der Waals surface area contributed by atoms with Crippen molar-refractivity contribution in [3.63, 3.8) is 0 Å². The first-order chi connectivity index (χ1) is 9.68. The molecule has 1 aliphatic carbocycles. The Labute approximate surface area is 118 Å². The lowest BCUT2D eigenvalue weighted by Gasteiger charge is -2.43. The van der Waals surface area contributed by atoms with Crippen LogP contribution in [0.3, 0.4) is 0 Å². The van der Waals surface area contributed by atoms with E-state index in [0.29, 0.717) is 19.6 Å². The van der Waals surface area contributed by atoms with E-state index in [9.17, 15) is 9.59 Å². The second-order valence-electron chi connectivity index (χ2n) is 4.47. The Morgan fingerprint density at radius 2 is 2.00 bits per heavy atom. The molecule has 104 valence electrons. The molecule has 1 heterocycles. The summed E-state index contributed by atoms with van der Waals surface area (Å²) in [5.41, 5.74) is -0.921. The molecule has 0 atom stereocenters. The third-order valence-electron chi connectivity index (χ3n) is 3.13. The molecule has 1 amide bonds. The highest BCUT2D eigenvalue weighted by atomic mass is 16.5. The fourth-order valence-corrected chi connectivity index (χ4v) is 2.13. The number of rotatable bonds is 4. The normalized spacial score (nSPS) is 21.5. The summed E-state index contributed by atoms with van der Waals surface area (Å²) in [6.45, 7) is 4.36. The lowest BCUT2D eigenvalue weighted by atomic mass is 10.0. The van der Waals surface area contributed by atoms with Gasteiger partial charge in [-0.15, -0.1) is 0 Å². The molecule has 1 saturated heterocycles. The Morgan fingerprint density at radius 3 is 2.70 bits per heavy atom. The lowest BCUT2D eigenvalue weighted by molar-refractivity contribution is -0.167. The summed E-state index contributed by atoms with van der Waals surface area (Å²) < 4.78 is 5.73. The Kier molecular flexibility index (Phi) is 4.48. The first-order valence-electron chi connectivity index (χ1n) is 6.49. The number of ketones is 1. The van der Waals surface area contributed by atoms with Crippen molar-refractivity contribution in [2.75, 3.05) is 13.2 Å². The number of nitrogens with zero attached hydrogens (tertiary/aromatic N) is 1. The molecule has 0 aromatic rings. The zero-order chi connectivity index (χ0) is 14.4. The van der Waals surface area contributed by atoms with Gasteiger partial charge in [-0.3, -0.25) is 9.59 Å². The maximum Gasteiger partial charge on any atom is 0.227 e. The lowest BCUT2D eigenvalue weighted by Crippen LogP contribution is -2.55. The highest BCUT2D eigenvalue weighted by Crippen LogP contribution is 2.28. The maximum absolute atomic E-state index is 12.1. The van der Waals surface area contributed by atoms with Gasteiger partial charge in [0.2, 0.25) is 5.91 Å². The second kappa shape index (κ2) is 6.30. The van der Waals surface area contributed by atoms with Crippen LogP contribution in [0.2, 0.25) is 0 Å². The van der Waals surface area contributed by atoms with Crippen molar-refractivity contribution in [1.29, 1.82) is 0 Å². The molecule has 1 fully saturated rings. The number of ether oxygens (including phenoxy) is 1. The van der Waals surface area contributed by atoms with Gasteiger partial charge >= 0.3 is 0 Å². The Balaban J connectivity index is 2.15. The van der Waals surface area contributed by atoms with E-state index < -0.39 is 5.72 Å². The largest absolute Gasteiger partial charge is 0.348 e. The molecule has 0 aromatic carbocycles. The van der Waals surface area contributed by atoms with Crippen LogP contribution in [0.4, 0.5) is 0 Å². The number of amides is 1. The average molecular weight is 271 g/mol. The zero-order valence-corrected chi connectivity index (χ0v) is 11.2. The van der Waals surface area contributed by atoms with Gasteiger partial charge in [0, 0.05) is 6.54 Å². The van der Waals surface area contributed by atoms with Crippen LogP contribution in [0.25, 0.3) is 0 Å². The number of hydrogen-bond donors (Lipinski definition) is 0. The summed E-state index contributed by atoms with van der Waals surface area (Å²) in [7, 11) is 0. The van der Waals surface area contributed by atoms with E-state index in [4.69, 9.17) is 4.74 Å². The van der Waals surface area contributed by atoms with E-state index in [-0.39, 0.29) is 11.7 Å². The van der Waals surface area contributed by atoms with Gasteiger partial charge in [-0.25, -0.2) is 0 Å². The molecule has 20 heavy (non-hydrogen) atoms. The second-order valence-corrected chi connectivity index (χ2v) is 4.47. The van der Waals surface area contributed by atoms with Crippen molar-refractivity contribution in [1.82, 2.24) is 4.90 Å². The fraction of sp³-hybridized carbons (Fsp3) is 0.250. The van der Waals surface area contributed by atoms with Gasteiger partial charge in [-0.1, -0.05) is 37.0 Å². The van der Waals surface area contributed by atoms with Crippen LogP contribution in [-0.2, 0) is 14.3 Å². The van der Waals surface area contributed by atoms with Gasteiger partial charge < -0.3 is 9.64 Å². The van der Waals surface area contributed by atoms with Crippen molar-refractivity contribution < 1.29 is 14.3 Å². The number of allylic oxidation sites excluding steroid dienone is 6. The van der Waals surface area contributed by atoms with Gasteiger partial charge in [0.1, 0.15) is 0 Å². The number of hydrogen-bond acceptors (Lipinski definition) is 3. The first kappa shape index (κ1) is 14.2. The van der Waals surface area contributed by atoms with E-state index >= 15 is 0 Å². The van der Waals surface area contributed by atoms with Crippen molar-refractivity contribution in [3.8, 4) is 0 Å². The summed E-state index contributed by atoms with van der Waals surface area (Å²) >= 11 is 0. The molecule has 0 aromatic heterocycles. The summed E-state index contributed by atoms with van der Waals surface area (Å²) in [5, 5.41) is 0. The molecular formula is C16H17NO3. The summed E-state index contributed by atoms with van der Waals surface area (Å²) in [4.78, 5) is 25.0. The topological polar surface area (TPSA) is 46.6 Å². The van der Waals surface area contributed by atoms with E-state index in [0.717, 1.165) is 0 Å². The van der Waals surface area contributed by atoms with Crippen molar-refractivity contribution in [2.45, 2.75) is 12.1 Å². The summed E-state index contributed by atoms with van der Waals surface area (Å²) in [5.74, 6) is -0.0843. The van der Waals surface area contributed by atoms with E-state index in [1.807, 2.05) is 18.2 Å². The van der Waals surface area contributed by atoms with Crippen LogP contribution < -0.4 is 0 Å². The molecule has 0 saturated carbocycles. The van der Waals surface area contributed by atoms with Crippen LogP contribution >= 0.6 is 0 Å². The zero-order valence-electron chi connectivity index (χ0n) is 11.2. The predicted octanol–water partition coefficient (Wildman–Crippen LogP) is 1.93. The highest BCUT2D eigenvalue weighted by Gasteiger charge is 2.40. The molecule has 2 aliphatic rings. The van der Waals surface area contributed by atoms with Gasteiger partial charge in [0.05, 0.1) is 13.0 Å². The third-order valence-corrected chi connectivity index (χ3v) is 3.13. The monoisotopic (exact) mass is 271 g/mol. The molecule has 4 nitrogen and oxygen atoms in total. The molecule has 2 rings (SSSR count). The maximum atomic E-state index is 12.1. The van der Waals surface area contributed by atoms with Crippen molar-refractivity contribution in [2.24, 2.45) is 0 Å². The van der Waals surface area contributed by atoms with E-state index in [2.05, 4.69) is 6.58 Å². The molecule has 1 spiro atoms. The Morgan fingerprint density at radius 1 is 1.25 bits per heavy atom. The average Bonchev–Trinajstić information content (AvgIpc) is 2.45. The molecule has 0 radical (unpaired) electrons. The minimum atomic E-state index is -0.921. The van der Waals surface area contributed by atoms with Crippen LogP contribution in [-0.4, -0.2) is 35.5 Å². The molecule has 1 aliphatic heterocycles. The van der Waals surface area contributed by atoms with Crippen LogP contribution in [0.5, 0.6) is 0 Å². The van der Waals surface area contributed by atoms with E-state index in [1.54, 1.807) is 29.2 Å². The minimum absolute atomic E-state index is 0.0113. The standard InChI is InChI=1S/C16H17NO3/c1-2-3-4-5-6-12-17-15(19)9-13-20-16(17)10-7-14(18)8-11-16/h2-8,10-11H,1,9,12-13H2/b4-3-,6-5-. The van der Waals surface area contributed by atoms with Crippen molar-refractivity contribution >= 4 is 11.7 Å². The van der Waals surface area contributed by atoms with Gasteiger partial charge in [-0.2, -0.15) is 0 Å². The Bertz CT molecular complexity index is 510. The van der Waals surface area contributed by atoms with Gasteiger partial charge in [-0.05, 0) is 24.3 Å². The van der Waals surface area contributed by atoms with E-state index in [1.165, 1.54) is 12.2 Å². The predicted molar refractivity (Wildman–Crippen MR) is 76.8 cm³/mol. The van der Waals surface area contributed by atoms with Crippen LogP contribution in [0.15, 0.2) is 61.3 Å². The molecule has 4 heteroatoms. The van der Waals surface area contributed by atoms with Crippen LogP contribution in [0.1, 0.15) is 6.42 Å². The highest BCUT2D eigenvalue weighted by molar-refractivity contribution is 6.00. The molecule has 0 unspecified atom stereocenters. The fourth-order valence-electron chi connectivity index (χ4n) is 2.13. The molecule has 0 bridgehead atoms. The van der Waals surface area contributed by atoms with Gasteiger partial charge in [0.25, 0.3) is 0 Å². The summed E-state index contributed by atoms with van der Waals surface area (Å²) in [6.07, 6.45) is 15.5. The number of carbonyl (C=O) groups is 2. The third kappa shape index (κ3) is 3.03. The minimum Gasteiger partial charge on any atom is -0.348 e. The smallest absolute Gasteiger partial charge is 0.227 e. The first-order valence-corrected chi connectivity index (χ1v) is 6.49. The van der Waals surface area contributed by atoms with Gasteiger partial charge in [0.15, 0.2) is 11.5 Å².